The molecule has 0 atom stereocenters. The molecule has 3 rings (SSSR count). The molecule has 4 nitrogen and oxygen atoms in total. The Kier molecular flexibility index (Phi) is 6.50. The lowest BCUT2D eigenvalue weighted by molar-refractivity contribution is 0.0402. The summed E-state index contributed by atoms with van der Waals surface area (Å²) in [5.41, 5.74) is 0.354. The minimum atomic E-state index is -0.330. The summed E-state index contributed by atoms with van der Waals surface area (Å²) in [6.07, 6.45) is 12.6. The Bertz CT molecular complexity index is 519. The van der Waals surface area contributed by atoms with Gasteiger partial charge in [-0.1, -0.05) is 44.6 Å². The third-order valence-electron chi connectivity index (χ3n) is 5.30. The first-order valence-electron chi connectivity index (χ1n) is 9.58. The maximum atomic E-state index is 12.2. The van der Waals surface area contributed by atoms with Crippen LogP contribution < -0.4 is 4.74 Å². The number of hydrogen-bond acceptors (Lipinski definition) is 4. The molecule has 1 heterocycles. The third-order valence-corrected chi connectivity index (χ3v) is 5.30. The van der Waals surface area contributed by atoms with E-state index < -0.39 is 0 Å². The van der Waals surface area contributed by atoms with E-state index in [9.17, 15) is 4.79 Å². The van der Waals surface area contributed by atoms with E-state index >= 15 is 0 Å². The Balaban J connectivity index is 1.47. The molecular formula is C20H29NO3. The number of pyridine rings is 1. The Morgan fingerprint density at radius 3 is 2.21 bits per heavy atom. The maximum absolute atomic E-state index is 12.2. The Morgan fingerprint density at radius 1 is 0.917 bits per heavy atom. The molecule has 0 unspecified atom stereocenters. The van der Waals surface area contributed by atoms with Gasteiger partial charge in [-0.25, -0.2) is 9.78 Å². The molecule has 0 bridgehead atoms. The lowest BCUT2D eigenvalue weighted by atomic mass is 9.90. The molecule has 0 saturated heterocycles. The van der Waals surface area contributed by atoms with Gasteiger partial charge in [-0.2, -0.15) is 0 Å². The summed E-state index contributed by atoms with van der Waals surface area (Å²) in [6.45, 7) is 1.22. The normalized spacial score (nSPS) is 19.8. The number of carbonyl (C=O) groups excluding carboxylic acids is 1. The zero-order chi connectivity index (χ0) is 16.6. The van der Waals surface area contributed by atoms with Gasteiger partial charge in [0, 0.05) is 6.07 Å². The first-order valence-corrected chi connectivity index (χ1v) is 9.58. The minimum Gasteiger partial charge on any atom is -0.477 e. The first-order chi connectivity index (χ1) is 11.8. The van der Waals surface area contributed by atoms with Crippen LogP contribution in [-0.2, 0) is 4.74 Å². The van der Waals surface area contributed by atoms with Gasteiger partial charge in [0.15, 0.2) is 5.69 Å². The number of aromatic nitrogens is 1. The number of hydrogen-bond donors (Lipinski definition) is 0. The van der Waals surface area contributed by atoms with Crippen molar-refractivity contribution in [3.63, 3.8) is 0 Å². The topological polar surface area (TPSA) is 48.4 Å². The summed E-state index contributed by atoms with van der Waals surface area (Å²) in [5, 5.41) is 0. The predicted molar refractivity (Wildman–Crippen MR) is 93.2 cm³/mol. The van der Waals surface area contributed by atoms with Crippen LogP contribution in [-0.4, -0.2) is 24.2 Å². The van der Waals surface area contributed by atoms with E-state index in [1.807, 2.05) is 12.1 Å². The molecule has 132 valence electrons. The Hall–Kier alpha value is -1.58. The summed E-state index contributed by atoms with van der Waals surface area (Å²) >= 11 is 0. The van der Waals surface area contributed by atoms with Gasteiger partial charge in [0.2, 0.25) is 5.88 Å². The van der Waals surface area contributed by atoms with Crippen molar-refractivity contribution in [3.8, 4) is 5.88 Å². The highest BCUT2D eigenvalue weighted by Gasteiger charge is 2.18. The van der Waals surface area contributed by atoms with Crippen LogP contribution in [0.3, 0.4) is 0 Å². The molecule has 0 amide bonds. The number of rotatable bonds is 6. The minimum absolute atomic E-state index is 0.330. The van der Waals surface area contributed by atoms with Gasteiger partial charge in [-0.15, -0.1) is 0 Å². The van der Waals surface area contributed by atoms with E-state index in [1.54, 1.807) is 6.07 Å². The van der Waals surface area contributed by atoms with Gasteiger partial charge < -0.3 is 9.47 Å². The SMILES string of the molecule is O=C(OCC1CCCCC1)c1cccc(OCC2CCCCC2)n1. The molecule has 2 saturated carbocycles. The Labute approximate surface area is 145 Å². The smallest absolute Gasteiger partial charge is 0.357 e. The quantitative estimate of drug-likeness (QED) is 0.704. The first kappa shape index (κ1) is 17.2. The van der Waals surface area contributed by atoms with Gasteiger partial charge in [-0.3, -0.25) is 0 Å². The molecule has 24 heavy (non-hydrogen) atoms. The fourth-order valence-corrected chi connectivity index (χ4v) is 3.79. The number of nitrogens with zero attached hydrogens (tertiary/aromatic N) is 1. The van der Waals surface area contributed by atoms with Crippen LogP contribution in [0.15, 0.2) is 18.2 Å². The van der Waals surface area contributed by atoms with Crippen molar-refractivity contribution in [2.24, 2.45) is 11.8 Å². The van der Waals surface area contributed by atoms with Crippen molar-refractivity contribution in [1.29, 1.82) is 0 Å². The molecule has 2 aliphatic rings. The monoisotopic (exact) mass is 331 g/mol. The second-order valence-electron chi connectivity index (χ2n) is 7.28. The summed E-state index contributed by atoms with van der Waals surface area (Å²) in [4.78, 5) is 16.5. The van der Waals surface area contributed by atoms with Crippen LogP contribution in [0.4, 0.5) is 0 Å². The predicted octanol–water partition coefficient (Wildman–Crippen LogP) is 4.78. The van der Waals surface area contributed by atoms with Crippen LogP contribution in [0.2, 0.25) is 0 Å². The van der Waals surface area contributed by atoms with Crippen LogP contribution >= 0.6 is 0 Å². The number of carbonyl (C=O) groups is 1. The summed E-state index contributed by atoms with van der Waals surface area (Å²) in [7, 11) is 0. The molecule has 0 N–H and O–H groups in total. The van der Waals surface area contributed by atoms with E-state index in [1.165, 1.54) is 64.2 Å². The Morgan fingerprint density at radius 2 is 1.54 bits per heavy atom. The summed E-state index contributed by atoms with van der Waals surface area (Å²) < 4.78 is 11.3. The van der Waals surface area contributed by atoms with E-state index in [0.29, 0.717) is 36.6 Å². The van der Waals surface area contributed by atoms with Crippen LogP contribution in [0.5, 0.6) is 5.88 Å². The molecule has 1 aromatic rings. The van der Waals surface area contributed by atoms with Gasteiger partial charge >= 0.3 is 5.97 Å². The van der Waals surface area contributed by atoms with Gasteiger partial charge in [-0.05, 0) is 43.6 Å². The van der Waals surface area contributed by atoms with E-state index in [2.05, 4.69) is 4.98 Å². The van der Waals surface area contributed by atoms with E-state index in [-0.39, 0.29) is 5.97 Å². The van der Waals surface area contributed by atoms with Crippen molar-refractivity contribution in [2.45, 2.75) is 64.2 Å². The highest BCUT2D eigenvalue weighted by Crippen LogP contribution is 2.25. The zero-order valence-corrected chi connectivity index (χ0v) is 14.5. The fourth-order valence-electron chi connectivity index (χ4n) is 3.79. The van der Waals surface area contributed by atoms with Crippen molar-refractivity contribution >= 4 is 5.97 Å². The molecule has 2 aliphatic carbocycles. The molecular weight excluding hydrogens is 302 g/mol. The number of ether oxygens (including phenoxy) is 2. The van der Waals surface area contributed by atoms with Gasteiger partial charge in [0.1, 0.15) is 0 Å². The van der Waals surface area contributed by atoms with E-state index in [0.717, 1.165) is 0 Å². The van der Waals surface area contributed by atoms with Gasteiger partial charge in [0.25, 0.3) is 0 Å². The van der Waals surface area contributed by atoms with Crippen molar-refractivity contribution in [3.05, 3.63) is 23.9 Å². The molecule has 0 aliphatic heterocycles. The lowest BCUT2D eigenvalue weighted by Crippen LogP contribution is -2.18. The highest BCUT2D eigenvalue weighted by molar-refractivity contribution is 5.87. The molecule has 1 aromatic heterocycles. The average Bonchev–Trinajstić information content (AvgIpc) is 2.66. The lowest BCUT2D eigenvalue weighted by Gasteiger charge is -2.21. The summed E-state index contributed by atoms with van der Waals surface area (Å²) in [5.74, 6) is 1.35. The molecule has 0 spiro atoms. The second-order valence-corrected chi connectivity index (χ2v) is 7.28. The fraction of sp³-hybridized carbons (Fsp3) is 0.700. The van der Waals surface area contributed by atoms with Crippen molar-refractivity contribution in [2.75, 3.05) is 13.2 Å². The molecule has 0 aromatic carbocycles. The number of esters is 1. The van der Waals surface area contributed by atoms with Gasteiger partial charge in [0.05, 0.1) is 13.2 Å². The molecule has 0 radical (unpaired) electrons. The van der Waals surface area contributed by atoms with E-state index in [4.69, 9.17) is 9.47 Å². The zero-order valence-electron chi connectivity index (χ0n) is 14.5. The summed E-state index contributed by atoms with van der Waals surface area (Å²) in [6, 6.07) is 5.35. The third kappa shape index (κ3) is 5.22. The maximum Gasteiger partial charge on any atom is 0.357 e. The second kappa shape index (κ2) is 9.05. The van der Waals surface area contributed by atoms with Crippen molar-refractivity contribution < 1.29 is 14.3 Å². The van der Waals surface area contributed by atoms with Crippen LogP contribution in [0.25, 0.3) is 0 Å². The van der Waals surface area contributed by atoms with Crippen LogP contribution in [0.1, 0.15) is 74.7 Å². The van der Waals surface area contributed by atoms with Crippen molar-refractivity contribution in [1.82, 2.24) is 4.98 Å². The molecule has 2 fully saturated rings. The highest BCUT2D eigenvalue weighted by atomic mass is 16.5. The average molecular weight is 331 g/mol. The molecule has 4 heteroatoms. The largest absolute Gasteiger partial charge is 0.477 e. The van der Waals surface area contributed by atoms with Crippen LogP contribution in [0, 0.1) is 11.8 Å². The standard InChI is InChI=1S/C20H29NO3/c22-20(24-15-17-10-5-2-6-11-17)18-12-7-13-19(21-18)23-14-16-8-3-1-4-9-16/h7,12-13,16-17H,1-6,8-11,14-15H2.